The highest BCUT2D eigenvalue weighted by Crippen LogP contribution is 2.35. The van der Waals surface area contributed by atoms with Gasteiger partial charge in [0.15, 0.2) is 5.82 Å². The van der Waals surface area contributed by atoms with Gasteiger partial charge in [0.1, 0.15) is 0 Å². The van der Waals surface area contributed by atoms with Crippen molar-refractivity contribution in [2.75, 3.05) is 0 Å². The highest BCUT2D eigenvalue weighted by atomic mass is 16.1. The van der Waals surface area contributed by atoms with Crippen LogP contribution < -0.4 is 5.32 Å². The SMILES string of the molecule is CCCC(CCC)C(=O)N[C@H](C)c1nnnn1C1CC1. The fourth-order valence-corrected chi connectivity index (χ4v) is 2.56. The average Bonchev–Trinajstić information content (AvgIpc) is 3.15. The second kappa shape index (κ2) is 6.81. The molecule has 112 valence electrons. The molecule has 1 fully saturated rings. The van der Waals surface area contributed by atoms with Crippen LogP contribution in [0.25, 0.3) is 0 Å². The summed E-state index contributed by atoms with van der Waals surface area (Å²) in [6, 6.07) is 0.302. The van der Waals surface area contributed by atoms with Gasteiger partial charge < -0.3 is 5.32 Å². The van der Waals surface area contributed by atoms with Crippen LogP contribution >= 0.6 is 0 Å². The van der Waals surface area contributed by atoms with Gasteiger partial charge in [-0.15, -0.1) is 5.10 Å². The number of nitrogens with one attached hydrogen (secondary N) is 1. The monoisotopic (exact) mass is 279 g/mol. The lowest BCUT2D eigenvalue weighted by Crippen LogP contribution is -2.34. The Balaban J connectivity index is 1.96. The van der Waals surface area contributed by atoms with Crippen molar-refractivity contribution < 1.29 is 4.79 Å². The summed E-state index contributed by atoms with van der Waals surface area (Å²) in [7, 11) is 0. The van der Waals surface area contributed by atoms with E-state index in [0.717, 1.165) is 44.3 Å². The minimum atomic E-state index is -0.130. The Morgan fingerprint density at radius 3 is 2.55 bits per heavy atom. The summed E-state index contributed by atoms with van der Waals surface area (Å²) in [4.78, 5) is 12.3. The van der Waals surface area contributed by atoms with Crippen LogP contribution in [0.4, 0.5) is 0 Å². The van der Waals surface area contributed by atoms with E-state index in [1.165, 1.54) is 0 Å². The minimum Gasteiger partial charge on any atom is -0.346 e. The molecule has 1 saturated carbocycles. The van der Waals surface area contributed by atoms with Gasteiger partial charge in [0, 0.05) is 5.92 Å². The van der Waals surface area contributed by atoms with E-state index in [0.29, 0.717) is 6.04 Å². The topological polar surface area (TPSA) is 72.7 Å². The molecule has 2 rings (SSSR count). The Bertz CT molecular complexity index is 435. The Morgan fingerprint density at radius 2 is 2.00 bits per heavy atom. The maximum atomic E-state index is 12.3. The fourth-order valence-electron chi connectivity index (χ4n) is 2.56. The van der Waals surface area contributed by atoms with E-state index in [1.807, 2.05) is 11.6 Å². The third-order valence-corrected chi connectivity index (χ3v) is 3.80. The first-order valence-electron chi connectivity index (χ1n) is 7.75. The van der Waals surface area contributed by atoms with Gasteiger partial charge in [-0.25, -0.2) is 4.68 Å². The van der Waals surface area contributed by atoms with Crippen LogP contribution in [-0.2, 0) is 4.79 Å². The quantitative estimate of drug-likeness (QED) is 0.793. The number of nitrogens with zero attached hydrogens (tertiary/aromatic N) is 4. The molecule has 6 heteroatoms. The van der Waals surface area contributed by atoms with Gasteiger partial charge in [-0.05, 0) is 43.0 Å². The number of carbonyl (C=O) groups is 1. The lowest BCUT2D eigenvalue weighted by atomic mass is 9.97. The molecule has 1 atom stereocenters. The van der Waals surface area contributed by atoms with Gasteiger partial charge in [0.05, 0.1) is 12.1 Å². The van der Waals surface area contributed by atoms with Crippen LogP contribution in [0.1, 0.15) is 77.2 Å². The van der Waals surface area contributed by atoms with E-state index in [4.69, 9.17) is 0 Å². The first kappa shape index (κ1) is 14.9. The summed E-state index contributed by atoms with van der Waals surface area (Å²) < 4.78 is 1.86. The molecule has 6 nitrogen and oxygen atoms in total. The van der Waals surface area contributed by atoms with Gasteiger partial charge in [0.2, 0.25) is 5.91 Å². The van der Waals surface area contributed by atoms with Crippen molar-refractivity contribution in [3.05, 3.63) is 5.82 Å². The van der Waals surface area contributed by atoms with Crippen molar-refractivity contribution in [1.82, 2.24) is 25.5 Å². The zero-order chi connectivity index (χ0) is 14.5. The van der Waals surface area contributed by atoms with Crippen LogP contribution in [0, 0.1) is 5.92 Å². The molecule has 1 aromatic rings. The summed E-state index contributed by atoms with van der Waals surface area (Å²) in [5, 5.41) is 14.9. The Labute approximate surface area is 120 Å². The molecule has 0 saturated heterocycles. The standard InChI is InChI=1S/C14H25N5O/c1-4-6-11(7-5-2)14(20)15-10(3)13-16-17-18-19(13)12-8-9-12/h10-12H,4-9H2,1-3H3,(H,15,20)/t10-/m1/s1. The Kier molecular flexibility index (Phi) is 5.09. The third kappa shape index (κ3) is 3.55. The summed E-state index contributed by atoms with van der Waals surface area (Å²) in [5.74, 6) is 1.01. The van der Waals surface area contributed by atoms with Gasteiger partial charge in [-0.1, -0.05) is 26.7 Å². The van der Waals surface area contributed by atoms with Crippen molar-refractivity contribution >= 4 is 5.91 Å². The molecule has 0 spiro atoms. The minimum absolute atomic E-state index is 0.109. The molecule has 1 amide bonds. The fraction of sp³-hybridized carbons (Fsp3) is 0.857. The summed E-state index contributed by atoms with van der Waals surface area (Å²) in [6.45, 7) is 6.19. The molecule has 0 radical (unpaired) electrons. The van der Waals surface area contributed by atoms with E-state index in [-0.39, 0.29) is 17.9 Å². The molecule has 0 unspecified atom stereocenters. The van der Waals surface area contributed by atoms with Gasteiger partial charge in [-0.3, -0.25) is 4.79 Å². The van der Waals surface area contributed by atoms with Crippen molar-refractivity contribution in [2.45, 2.75) is 71.4 Å². The normalized spacial score (nSPS) is 16.4. The summed E-state index contributed by atoms with van der Waals surface area (Å²) in [5.41, 5.74) is 0. The number of amides is 1. The number of aromatic nitrogens is 4. The number of tetrazole rings is 1. The molecule has 1 N–H and O–H groups in total. The largest absolute Gasteiger partial charge is 0.346 e. The molecule has 0 aliphatic heterocycles. The number of hydrogen-bond acceptors (Lipinski definition) is 4. The molecule has 20 heavy (non-hydrogen) atoms. The smallest absolute Gasteiger partial charge is 0.223 e. The molecule has 0 aromatic carbocycles. The zero-order valence-electron chi connectivity index (χ0n) is 12.7. The van der Waals surface area contributed by atoms with Crippen molar-refractivity contribution in [1.29, 1.82) is 0 Å². The maximum Gasteiger partial charge on any atom is 0.223 e. The van der Waals surface area contributed by atoms with Crippen LogP contribution in [0.3, 0.4) is 0 Å². The molecule has 1 aliphatic rings. The van der Waals surface area contributed by atoms with E-state index in [9.17, 15) is 4.79 Å². The van der Waals surface area contributed by atoms with Crippen LogP contribution in [-0.4, -0.2) is 26.1 Å². The Hall–Kier alpha value is -1.46. The van der Waals surface area contributed by atoms with Crippen LogP contribution in [0.5, 0.6) is 0 Å². The molecular formula is C14H25N5O. The maximum absolute atomic E-state index is 12.3. The van der Waals surface area contributed by atoms with Crippen LogP contribution in [0.15, 0.2) is 0 Å². The van der Waals surface area contributed by atoms with Gasteiger partial charge in [0.25, 0.3) is 0 Å². The lowest BCUT2D eigenvalue weighted by Gasteiger charge is -2.19. The predicted octanol–water partition coefficient (Wildman–Crippen LogP) is 2.40. The second-order valence-corrected chi connectivity index (χ2v) is 5.72. The highest BCUT2D eigenvalue weighted by molar-refractivity contribution is 5.78. The van der Waals surface area contributed by atoms with E-state index >= 15 is 0 Å². The first-order chi connectivity index (χ1) is 9.67. The molecular weight excluding hydrogens is 254 g/mol. The second-order valence-electron chi connectivity index (χ2n) is 5.72. The third-order valence-electron chi connectivity index (χ3n) is 3.80. The van der Waals surface area contributed by atoms with Crippen molar-refractivity contribution in [3.8, 4) is 0 Å². The summed E-state index contributed by atoms with van der Waals surface area (Å²) in [6.07, 6.45) is 6.22. The average molecular weight is 279 g/mol. The van der Waals surface area contributed by atoms with Gasteiger partial charge >= 0.3 is 0 Å². The first-order valence-corrected chi connectivity index (χ1v) is 7.75. The number of hydrogen-bond donors (Lipinski definition) is 1. The number of rotatable bonds is 8. The Morgan fingerprint density at radius 1 is 1.35 bits per heavy atom. The van der Waals surface area contributed by atoms with Crippen LogP contribution in [0.2, 0.25) is 0 Å². The van der Waals surface area contributed by atoms with Crippen molar-refractivity contribution in [3.63, 3.8) is 0 Å². The predicted molar refractivity (Wildman–Crippen MR) is 76.0 cm³/mol. The molecule has 0 bridgehead atoms. The molecule has 1 aliphatic carbocycles. The van der Waals surface area contributed by atoms with E-state index < -0.39 is 0 Å². The molecule has 1 aromatic heterocycles. The van der Waals surface area contributed by atoms with E-state index in [1.54, 1.807) is 0 Å². The number of carbonyl (C=O) groups excluding carboxylic acids is 1. The lowest BCUT2D eigenvalue weighted by molar-refractivity contribution is -0.126. The van der Waals surface area contributed by atoms with E-state index in [2.05, 4.69) is 34.7 Å². The van der Waals surface area contributed by atoms with Crippen molar-refractivity contribution in [2.24, 2.45) is 5.92 Å². The van der Waals surface area contributed by atoms with Gasteiger partial charge in [-0.2, -0.15) is 0 Å². The zero-order valence-corrected chi connectivity index (χ0v) is 12.7. The summed E-state index contributed by atoms with van der Waals surface area (Å²) >= 11 is 0. The highest BCUT2D eigenvalue weighted by Gasteiger charge is 2.30. The molecule has 1 heterocycles.